The number of nitrogens with zero attached hydrogens (tertiary/aromatic N) is 1. The van der Waals surface area contributed by atoms with E-state index < -0.39 is 42.1 Å². The number of fused-ring (bicyclic) bond motifs is 1. The van der Waals surface area contributed by atoms with Gasteiger partial charge in [-0.2, -0.15) is 0 Å². The molecule has 1 heterocycles. The van der Waals surface area contributed by atoms with Gasteiger partial charge in [-0.05, 0) is 62.6 Å². The monoisotopic (exact) mass is 600 g/mol. The third kappa shape index (κ3) is 9.91. The fourth-order valence-corrected chi connectivity index (χ4v) is 5.09. The van der Waals surface area contributed by atoms with Crippen molar-refractivity contribution in [1.82, 2.24) is 20.9 Å². The first-order chi connectivity index (χ1) is 20.5. The largest absolute Gasteiger partial charge is 0.490 e. The standard InChI is InChI=1S/C31H44N4O8/c1-19(2)33-17-23(36)18-43-27-11-6-8-21-12-13-22(16-24(21)27)28(37)32-14-5-4-9-25(30(39)40)34-20(3)29(38)35-15-7-10-26(35)31(41)42/h6,8,11-13,16,19-20,23,25-26,33-34,36H,4-5,7,9-10,14-15,17-18H2,1-3H3,(H,32,37)(H,39,40)(H,41,42)/t20-,23+,25-,26+/m0/s1. The van der Waals surface area contributed by atoms with Crippen LogP contribution in [0.25, 0.3) is 10.8 Å². The number of nitrogens with one attached hydrogen (secondary N) is 3. The average molecular weight is 601 g/mol. The molecule has 0 aliphatic carbocycles. The van der Waals surface area contributed by atoms with Gasteiger partial charge < -0.3 is 35.6 Å². The van der Waals surface area contributed by atoms with E-state index in [2.05, 4.69) is 16.0 Å². The number of carbonyl (C=O) groups is 4. The van der Waals surface area contributed by atoms with Crippen LogP contribution in [0.15, 0.2) is 36.4 Å². The lowest BCUT2D eigenvalue weighted by molar-refractivity contribution is -0.149. The number of amides is 2. The molecule has 2 amide bonds. The third-order valence-electron chi connectivity index (χ3n) is 7.44. The summed E-state index contributed by atoms with van der Waals surface area (Å²) in [5.41, 5.74) is 0.449. The normalized spacial score (nSPS) is 17.0. The molecule has 0 unspecified atom stereocenters. The second-order valence-electron chi connectivity index (χ2n) is 11.3. The maximum atomic E-state index is 12.9. The van der Waals surface area contributed by atoms with Crippen molar-refractivity contribution in [3.8, 4) is 5.75 Å². The van der Waals surface area contributed by atoms with Crippen LogP contribution in [0.2, 0.25) is 0 Å². The number of carboxylic acids is 2. The van der Waals surface area contributed by atoms with E-state index in [0.29, 0.717) is 56.6 Å². The minimum Gasteiger partial charge on any atom is -0.490 e. The summed E-state index contributed by atoms with van der Waals surface area (Å²) >= 11 is 0. The van der Waals surface area contributed by atoms with Crippen molar-refractivity contribution in [2.75, 3.05) is 26.2 Å². The fourth-order valence-electron chi connectivity index (χ4n) is 5.09. The Hall–Kier alpha value is -3.74. The van der Waals surface area contributed by atoms with E-state index in [0.717, 1.165) is 10.8 Å². The van der Waals surface area contributed by atoms with E-state index in [-0.39, 0.29) is 25.0 Å². The molecule has 4 atom stereocenters. The highest BCUT2D eigenvalue weighted by atomic mass is 16.5. The lowest BCUT2D eigenvalue weighted by Gasteiger charge is -2.27. The summed E-state index contributed by atoms with van der Waals surface area (Å²) in [6.45, 7) is 6.72. The second-order valence-corrected chi connectivity index (χ2v) is 11.3. The predicted octanol–water partition coefficient (Wildman–Crippen LogP) is 1.98. The van der Waals surface area contributed by atoms with Crippen LogP contribution in [-0.4, -0.2) is 100 Å². The number of carboxylic acid groups (broad SMARTS) is 2. The summed E-state index contributed by atoms with van der Waals surface area (Å²) in [7, 11) is 0. The van der Waals surface area contributed by atoms with E-state index in [4.69, 9.17) is 4.74 Å². The summed E-state index contributed by atoms with van der Waals surface area (Å²) < 4.78 is 5.86. The molecule has 12 nitrogen and oxygen atoms in total. The number of carbonyl (C=O) groups excluding carboxylic acids is 2. The summed E-state index contributed by atoms with van der Waals surface area (Å²) in [6, 6.07) is 8.40. The average Bonchev–Trinajstić information content (AvgIpc) is 3.47. The van der Waals surface area contributed by atoms with Gasteiger partial charge in [0.1, 0.15) is 30.5 Å². The number of rotatable bonds is 17. The second kappa shape index (κ2) is 16.2. The Bertz CT molecular complexity index is 1270. The topological polar surface area (TPSA) is 178 Å². The number of aliphatic hydroxyl groups is 1. The molecule has 6 N–H and O–H groups in total. The highest BCUT2D eigenvalue weighted by molar-refractivity contribution is 6.00. The van der Waals surface area contributed by atoms with Crippen molar-refractivity contribution >= 4 is 34.5 Å². The van der Waals surface area contributed by atoms with Crippen LogP contribution in [0.5, 0.6) is 5.75 Å². The molecule has 3 rings (SSSR count). The molecule has 0 saturated carbocycles. The molecular formula is C31H44N4O8. The molecule has 1 fully saturated rings. The van der Waals surface area contributed by atoms with E-state index in [1.165, 1.54) is 4.90 Å². The van der Waals surface area contributed by atoms with Crippen LogP contribution < -0.4 is 20.7 Å². The van der Waals surface area contributed by atoms with Crippen molar-refractivity contribution < 1.29 is 39.2 Å². The molecule has 12 heteroatoms. The highest BCUT2D eigenvalue weighted by Gasteiger charge is 2.36. The Morgan fingerprint density at radius 3 is 2.53 bits per heavy atom. The molecule has 236 valence electrons. The maximum absolute atomic E-state index is 12.9. The molecule has 0 radical (unpaired) electrons. The lowest BCUT2D eigenvalue weighted by atomic mass is 10.1. The lowest BCUT2D eigenvalue weighted by Crippen LogP contribution is -2.53. The van der Waals surface area contributed by atoms with Gasteiger partial charge in [0, 0.05) is 36.6 Å². The molecule has 43 heavy (non-hydrogen) atoms. The number of hydrogen-bond acceptors (Lipinski definition) is 8. The molecule has 1 aliphatic rings. The van der Waals surface area contributed by atoms with Crippen molar-refractivity contribution in [3.05, 3.63) is 42.0 Å². The molecule has 2 aromatic rings. The Balaban J connectivity index is 1.48. The number of ether oxygens (including phenoxy) is 1. The number of unbranched alkanes of at least 4 members (excludes halogenated alkanes) is 1. The SMILES string of the molecule is CC(C)NC[C@@H](O)COc1cccc2ccc(C(=O)NCCCC[C@H](N[C@@H](C)C(=O)N3CCC[C@@H]3C(=O)O)C(=O)O)cc12. The minimum atomic E-state index is -1.10. The third-order valence-corrected chi connectivity index (χ3v) is 7.44. The Labute approximate surface area is 251 Å². The quantitative estimate of drug-likeness (QED) is 0.147. The van der Waals surface area contributed by atoms with Crippen molar-refractivity contribution in [2.24, 2.45) is 0 Å². The fraction of sp³-hybridized carbons (Fsp3) is 0.548. The number of aliphatic hydroxyl groups excluding tert-OH is 1. The minimum absolute atomic E-state index is 0.107. The summed E-state index contributed by atoms with van der Waals surface area (Å²) in [4.78, 5) is 50.1. The van der Waals surface area contributed by atoms with Gasteiger partial charge in [0.05, 0.1) is 6.04 Å². The van der Waals surface area contributed by atoms with Crippen LogP contribution in [0, 0.1) is 0 Å². The van der Waals surface area contributed by atoms with Crippen LogP contribution in [0.1, 0.15) is 63.2 Å². The zero-order valence-electron chi connectivity index (χ0n) is 25.0. The molecular weight excluding hydrogens is 556 g/mol. The maximum Gasteiger partial charge on any atom is 0.326 e. The van der Waals surface area contributed by atoms with Gasteiger partial charge in [0.2, 0.25) is 5.91 Å². The van der Waals surface area contributed by atoms with Crippen LogP contribution in [-0.2, 0) is 14.4 Å². The van der Waals surface area contributed by atoms with Crippen LogP contribution in [0.4, 0.5) is 0 Å². The van der Waals surface area contributed by atoms with Crippen molar-refractivity contribution in [1.29, 1.82) is 0 Å². The van der Waals surface area contributed by atoms with Crippen LogP contribution >= 0.6 is 0 Å². The molecule has 1 aliphatic heterocycles. The van der Waals surface area contributed by atoms with Crippen molar-refractivity contribution in [3.63, 3.8) is 0 Å². The summed E-state index contributed by atoms with van der Waals surface area (Å²) in [5, 5.41) is 39.7. The first-order valence-corrected chi connectivity index (χ1v) is 14.8. The number of likely N-dealkylation sites (tertiary alicyclic amines) is 1. The van der Waals surface area contributed by atoms with Gasteiger partial charge in [-0.3, -0.25) is 19.7 Å². The Morgan fingerprint density at radius 1 is 1.07 bits per heavy atom. The van der Waals surface area contributed by atoms with E-state index >= 15 is 0 Å². The first-order valence-electron chi connectivity index (χ1n) is 14.8. The number of aliphatic carboxylic acids is 2. The highest BCUT2D eigenvalue weighted by Crippen LogP contribution is 2.27. The molecule has 1 saturated heterocycles. The van der Waals surface area contributed by atoms with E-state index in [1.807, 2.05) is 32.0 Å². The van der Waals surface area contributed by atoms with Gasteiger partial charge in [0.25, 0.3) is 5.91 Å². The van der Waals surface area contributed by atoms with Crippen molar-refractivity contribution in [2.45, 2.75) is 83.1 Å². The smallest absolute Gasteiger partial charge is 0.326 e. The van der Waals surface area contributed by atoms with Gasteiger partial charge in [0.15, 0.2) is 0 Å². The van der Waals surface area contributed by atoms with E-state index in [9.17, 15) is 34.5 Å². The molecule has 0 spiro atoms. The summed E-state index contributed by atoms with van der Waals surface area (Å²) in [6.07, 6.45) is 1.54. The summed E-state index contributed by atoms with van der Waals surface area (Å²) in [5.74, 6) is -2.29. The van der Waals surface area contributed by atoms with Gasteiger partial charge in [-0.25, -0.2) is 4.79 Å². The van der Waals surface area contributed by atoms with Gasteiger partial charge in [-0.15, -0.1) is 0 Å². The van der Waals surface area contributed by atoms with Gasteiger partial charge >= 0.3 is 11.9 Å². The molecule has 0 bridgehead atoms. The van der Waals surface area contributed by atoms with E-state index in [1.54, 1.807) is 25.1 Å². The first kappa shape index (κ1) is 33.8. The molecule has 2 aromatic carbocycles. The predicted molar refractivity (Wildman–Crippen MR) is 161 cm³/mol. The number of hydrogen-bond donors (Lipinski definition) is 6. The zero-order valence-corrected chi connectivity index (χ0v) is 25.0. The molecule has 0 aromatic heterocycles. The van der Waals surface area contributed by atoms with Crippen LogP contribution in [0.3, 0.4) is 0 Å². The zero-order chi connectivity index (χ0) is 31.5. The van der Waals surface area contributed by atoms with Gasteiger partial charge in [-0.1, -0.05) is 32.0 Å². The number of benzene rings is 2. The Morgan fingerprint density at radius 2 is 1.84 bits per heavy atom. The Kier molecular flexibility index (Phi) is 12.7.